The fourth-order valence-electron chi connectivity index (χ4n) is 4.53. The molecule has 0 saturated carbocycles. The molecule has 0 N–H and O–H groups in total. The molecule has 0 aromatic heterocycles. The van der Waals surface area contributed by atoms with Crippen molar-refractivity contribution in [1.82, 2.24) is 0 Å². The summed E-state index contributed by atoms with van der Waals surface area (Å²) in [5, 5.41) is 0. The third-order valence-electron chi connectivity index (χ3n) is 6.61. The van der Waals surface area contributed by atoms with Crippen LogP contribution in [0.1, 0.15) is 49.9 Å². The van der Waals surface area contributed by atoms with Crippen LogP contribution in [0.25, 0.3) is 0 Å². The number of hydrogen-bond acceptors (Lipinski definition) is 2. The molecule has 0 atom stereocenters. The van der Waals surface area contributed by atoms with Crippen molar-refractivity contribution in [2.45, 2.75) is 53.4 Å². The molecule has 0 unspecified atom stereocenters. The molecule has 3 aromatic carbocycles. The van der Waals surface area contributed by atoms with Crippen molar-refractivity contribution in [3.05, 3.63) is 95.1 Å². The Hall–Kier alpha value is -2.74. The summed E-state index contributed by atoms with van der Waals surface area (Å²) >= 11 is 0. The van der Waals surface area contributed by atoms with Gasteiger partial charge in [0, 0.05) is 37.6 Å². The topological polar surface area (TPSA) is 6.48 Å². The van der Waals surface area contributed by atoms with E-state index in [-0.39, 0.29) is 0 Å². The molecule has 3 rings (SSSR count). The average molecular weight is 429 g/mol. The molecule has 32 heavy (non-hydrogen) atoms. The van der Waals surface area contributed by atoms with Gasteiger partial charge in [0.15, 0.2) is 0 Å². The van der Waals surface area contributed by atoms with E-state index in [1.807, 2.05) is 0 Å². The molecule has 0 fully saturated rings. The second kappa shape index (κ2) is 12.3. The van der Waals surface area contributed by atoms with E-state index in [2.05, 4.69) is 110 Å². The monoisotopic (exact) mass is 428 g/mol. The van der Waals surface area contributed by atoms with Crippen LogP contribution in [0.5, 0.6) is 0 Å². The third kappa shape index (κ3) is 6.38. The molecule has 0 aliphatic carbocycles. The lowest BCUT2D eigenvalue weighted by Crippen LogP contribution is -2.21. The van der Waals surface area contributed by atoms with E-state index in [0.717, 1.165) is 51.9 Å². The predicted molar refractivity (Wildman–Crippen MR) is 141 cm³/mol. The van der Waals surface area contributed by atoms with Crippen molar-refractivity contribution >= 4 is 11.4 Å². The average Bonchev–Trinajstić information content (AvgIpc) is 2.85. The molecule has 0 radical (unpaired) electrons. The highest BCUT2D eigenvalue weighted by molar-refractivity contribution is 5.48. The van der Waals surface area contributed by atoms with Crippen LogP contribution >= 0.6 is 0 Å². The molecule has 2 nitrogen and oxygen atoms in total. The predicted octanol–water partition coefficient (Wildman–Crippen LogP) is 6.95. The van der Waals surface area contributed by atoms with E-state index >= 15 is 0 Å². The zero-order chi connectivity index (χ0) is 22.8. The maximum atomic E-state index is 2.40. The van der Waals surface area contributed by atoms with Gasteiger partial charge >= 0.3 is 0 Å². The Morgan fingerprint density at radius 3 is 1.09 bits per heavy atom. The number of aryl methyl sites for hydroxylation is 4. The van der Waals surface area contributed by atoms with E-state index in [0.29, 0.717) is 0 Å². The number of anilines is 2. The highest BCUT2D eigenvalue weighted by Gasteiger charge is 2.06. The highest BCUT2D eigenvalue weighted by atomic mass is 15.1. The molecule has 0 aliphatic heterocycles. The molecule has 0 spiro atoms. The molecular weight excluding hydrogens is 388 g/mol. The Morgan fingerprint density at radius 2 is 0.781 bits per heavy atom. The molecule has 2 heteroatoms. The van der Waals surface area contributed by atoms with Crippen LogP contribution in [0.15, 0.2) is 72.8 Å². The molecule has 3 aromatic rings. The van der Waals surface area contributed by atoms with Crippen molar-refractivity contribution in [2.75, 3.05) is 36.0 Å². The summed E-state index contributed by atoms with van der Waals surface area (Å²) in [6.07, 6.45) is 4.38. The first kappa shape index (κ1) is 23.9. The van der Waals surface area contributed by atoms with Crippen molar-refractivity contribution in [1.29, 1.82) is 0 Å². The van der Waals surface area contributed by atoms with Crippen LogP contribution in [0.3, 0.4) is 0 Å². The molecule has 170 valence electrons. The summed E-state index contributed by atoms with van der Waals surface area (Å²) in [5.41, 5.74) is 8.46. The zero-order valence-corrected chi connectivity index (χ0v) is 20.5. The van der Waals surface area contributed by atoms with Gasteiger partial charge in [-0.25, -0.2) is 0 Å². The summed E-state index contributed by atoms with van der Waals surface area (Å²) in [6, 6.07) is 27.3. The minimum Gasteiger partial charge on any atom is -0.372 e. The molecule has 0 saturated heterocycles. The summed E-state index contributed by atoms with van der Waals surface area (Å²) < 4.78 is 0. The summed E-state index contributed by atoms with van der Waals surface area (Å²) in [5.74, 6) is 0. The largest absolute Gasteiger partial charge is 0.372 e. The Labute approximate surface area is 195 Å². The van der Waals surface area contributed by atoms with Gasteiger partial charge < -0.3 is 9.80 Å². The molecule has 0 amide bonds. The minimum absolute atomic E-state index is 1.06. The lowest BCUT2D eigenvalue weighted by atomic mass is 9.95. The van der Waals surface area contributed by atoms with Gasteiger partial charge in [0.25, 0.3) is 0 Å². The first-order valence-electron chi connectivity index (χ1n) is 12.4. The number of nitrogens with zero attached hydrogens (tertiary/aromatic N) is 2. The molecule has 0 bridgehead atoms. The van der Waals surface area contributed by atoms with Crippen molar-refractivity contribution < 1.29 is 0 Å². The fraction of sp³-hybridized carbons (Fsp3) is 0.400. The Balaban J connectivity index is 1.59. The van der Waals surface area contributed by atoms with Gasteiger partial charge in [-0.05, 0) is 99.9 Å². The van der Waals surface area contributed by atoms with E-state index in [1.165, 1.54) is 33.6 Å². The van der Waals surface area contributed by atoms with Gasteiger partial charge in [0.05, 0.1) is 0 Å². The number of hydrogen-bond donors (Lipinski definition) is 0. The zero-order valence-electron chi connectivity index (χ0n) is 20.5. The Morgan fingerprint density at radius 1 is 0.438 bits per heavy atom. The molecule has 0 heterocycles. The lowest BCUT2D eigenvalue weighted by molar-refractivity contribution is 0.862. The van der Waals surface area contributed by atoms with Gasteiger partial charge in [-0.15, -0.1) is 0 Å². The maximum absolute atomic E-state index is 2.40. The smallest absolute Gasteiger partial charge is 0.0366 e. The summed E-state index contributed by atoms with van der Waals surface area (Å²) in [4.78, 5) is 4.79. The first-order chi connectivity index (χ1) is 15.7. The van der Waals surface area contributed by atoms with Crippen LogP contribution in [-0.2, 0) is 25.7 Å². The second-order valence-corrected chi connectivity index (χ2v) is 8.45. The van der Waals surface area contributed by atoms with E-state index in [9.17, 15) is 0 Å². The van der Waals surface area contributed by atoms with Crippen LogP contribution in [0.4, 0.5) is 11.4 Å². The Bertz CT molecular complexity index is 841. The van der Waals surface area contributed by atoms with Crippen LogP contribution in [0, 0.1) is 0 Å². The minimum atomic E-state index is 1.06. The first-order valence-corrected chi connectivity index (χ1v) is 12.4. The van der Waals surface area contributed by atoms with E-state index in [4.69, 9.17) is 0 Å². The number of benzene rings is 3. The van der Waals surface area contributed by atoms with Gasteiger partial charge in [0.1, 0.15) is 0 Å². The van der Waals surface area contributed by atoms with Gasteiger partial charge in [-0.2, -0.15) is 0 Å². The van der Waals surface area contributed by atoms with Crippen molar-refractivity contribution in [2.24, 2.45) is 0 Å². The van der Waals surface area contributed by atoms with Crippen molar-refractivity contribution in [3.63, 3.8) is 0 Å². The van der Waals surface area contributed by atoms with Gasteiger partial charge in [0.2, 0.25) is 0 Å². The Kier molecular flexibility index (Phi) is 9.22. The standard InChI is InChI=1S/C30H40N2/c1-5-31(6-2)29-21-15-25(16-22-29)13-19-27-11-9-10-12-28(27)20-14-26-17-23-30(24-18-26)32(7-3)8-4/h9-12,15-18,21-24H,5-8,13-14,19-20H2,1-4H3. The summed E-state index contributed by atoms with van der Waals surface area (Å²) in [7, 11) is 0. The third-order valence-corrected chi connectivity index (χ3v) is 6.61. The van der Waals surface area contributed by atoms with E-state index in [1.54, 1.807) is 0 Å². The molecular formula is C30H40N2. The lowest BCUT2D eigenvalue weighted by Gasteiger charge is -2.21. The van der Waals surface area contributed by atoms with Crippen LogP contribution in [0.2, 0.25) is 0 Å². The quantitative estimate of drug-likeness (QED) is 0.308. The maximum Gasteiger partial charge on any atom is 0.0366 e. The molecule has 0 aliphatic rings. The van der Waals surface area contributed by atoms with Crippen LogP contribution < -0.4 is 9.80 Å². The summed E-state index contributed by atoms with van der Waals surface area (Å²) in [6.45, 7) is 13.1. The highest BCUT2D eigenvalue weighted by Crippen LogP contribution is 2.20. The fourth-order valence-corrected chi connectivity index (χ4v) is 4.53. The van der Waals surface area contributed by atoms with Crippen molar-refractivity contribution in [3.8, 4) is 0 Å². The SMILES string of the molecule is CCN(CC)c1ccc(CCc2ccccc2CCc2ccc(N(CC)CC)cc2)cc1. The van der Waals surface area contributed by atoms with E-state index < -0.39 is 0 Å². The van der Waals surface area contributed by atoms with Gasteiger partial charge in [-0.3, -0.25) is 0 Å². The second-order valence-electron chi connectivity index (χ2n) is 8.45. The number of rotatable bonds is 12. The van der Waals surface area contributed by atoms with Crippen LogP contribution in [-0.4, -0.2) is 26.2 Å². The normalized spacial score (nSPS) is 10.9. The van der Waals surface area contributed by atoms with Gasteiger partial charge in [-0.1, -0.05) is 48.5 Å².